The lowest BCUT2D eigenvalue weighted by Crippen LogP contribution is -2.48. The first-order valence-electron chi connectivity index (χ1n) is 5.34. The molecule has 0 radical (unpaired) electrons. The van der Waals surface area contributed by atoms with Gasteiger partial charge in [0.15, 0.2) is 5.11 Å². The minimum absolute atomic E-state index is 0.0476. The van der Waals surface area contributed by atoms with Crippen LogP contribution in [0.5, 0.6) is 0 Å². The van der Waals surface area contributed by atoms with E-state index in [-0.39, 0.29) is 5.66 Å². The van der Waals surface area contributed by atoms with E-state index < -0.39 is 0 Å². The molecule has 0 aliphatic carbocycles. The highest BCUT2D eigenvalue weighted by Gasteiger charge is 2.33. The van der Waals surface area contributed by atoms with Gasteiger partial charge in [0.1, 0.15) is 5.66 Å². The summed E-state index contributed by atoms with van der Waals surface area (Å²) in [6.07, 6.45) is 2.18. The van der Waals surface area contributed by atoms with Crippen molar-refractivity contribution in [2.24, 2.45) is 5.92 Å². The lowest BCUT2D eigenvalue weighted by Gasteiger charge is -2.24. The number of nitrogens with one attached hydrogen (secondary N) is 2. The Kier molecular flexibility index (Phi) is 3.72. The molecule has 0 bridgehead atoms. The van der Waals surface area contributed by atoms with Crippen LogP contribution in [0.2, 0.25) is 0 Å². The van der Waals surface area contributed by atoms with Gasteiger partial charge in [0.2, 0.25) is 0 Å². The zero-order valence-corrected chi connectivity index (χ0v) is 10.4. The summed E-state index contributed by atoms with van der Waals surface area (Å²) in [6.45, 7) is 9.72. The predicted octanol–water partition coefficient (Wildman–Crippen LogP) is 1.85. The molecule has 0 saturated carbocycles. The van der Waals surface area contributed by atoms with Crippen molar-refractivity contribution in [2.75, 3.05) is 6.54 Å². The molecule has 0 spiro atoms. The maximum absolute atomic E-state index is 5.26. The van der Waals surface area contributed by atoms with Crippen molar-refractivity contribution in [3.05, 3.63) is 0 Å². The molecule has 1 heterocycles. The number of hydrogen-bond donors (Lipinski definition) is 2. The van der Waals surface area contributed by atoms with E-state index in [0.29, 0.717) is 5.92 Å². The zero-order chi connectivity index (χ0) is 10.8. The molecule has 1 aliphatic rings. The first-order chi connectivity index (χ1) is 6.47. The van der Waals surface area contributed by atoms with Gasteiger partial charge in [-0.3, -0.25) is 5.01 Å². The van der Waals surface area contributed by atoms with Crippen LogP contribution in [0.4, 0.5) is 0 Å². The second-order valence-corrected chi connectivity index (χ2v) is 4.95. The van der Waals surface area contributed by atoms with Crippen LogP contribution in [0.15, 0.2) is 0 Å². The van der Waals surface area contributed by atoms with Gasteiger partial charge in [0.25, 0.3) is 0 Å². The third-order valence-corrected chi connectivity index (χ3v) is 2.97. The van der Waals surface area contributed by atoms with Gasteiger partial charge in [0.05, 0.1) is 0 Å². The summed E-state index contributed by atoms with van der Waals surface area (Å²) < 4.78 is 0. The molecule has 1 fully saturated rings. The molecule has 0 aromatic rings. The van der Waals surface area contributed by atoms with Gasteiger partial charge in [0, 0.05) is 6.54 Å². The summed E-state index contributed by atoms with van der Waals surface area (Å²) >= 11 is 5.26. The molecule has 14 heavy (non-hydrogen) atoms. The number of hydrazine groups is 1. The van der Waals surface area contributed by atoms with Crippen molar-refractivity contribution < 1.29 is 0 Å². The van der Waals surface area contributed by atoms with Crippen LogP contribution in [-0.4, -0.2) is 22.3 Å². The van der Waals surface area contributed by atoms with E-state index >= 15 is 0 Å². The molecule has 1 aliphatic heterocycles. The molecule has 4 heteroatoms. The average Bonchev–Trinajstić information content (AvgIpc) is 2.39. The van der Waals surface area contributed by atoms with E-state index in [4.69, 9.17) is 12.2 Å². The lowest BCUT2D eigenvalue weighted by atomic mass is 10.1. The van der Waals surface area contributed by atoms with Crippen molar-refractivity contribution in [3.8, 4) is 0 Å². The van der Waals surface area contributed by atoms with E-state index in [2.05, 4.69) is 43.4 Å². The highest BCUT2D eigenvalue weighted by molar-refractivity contribution is 7.80. The molecule has 1 saturated heterocycles. The van der Waals surface area contributed by atoms with Crippen molar-refractivity contribution in [2.45, 2.75) is 46.2 Å². The second kappa shape index (κ2) is 4.45. The quantitative estimate of drug-likeness (QED) is 0.700. The second-order valence-electron chi connectivity index (χ2n) is 4.56. The summed E-state index contributed by atoms with van der Waals surface area (Å²) in [6, 6.07) is 0. The first-order valence-corrected chi connectivity index (χ1v) is 5.75. The fourth-order valence-corrected chi connectivity index (χ4v) is 1.75. The normalized spacial score (nSPS) is 27.2. The molecule has 0 amide bonds. The molecule has 3 nitrogen and oxygen atoms in total. The Balaban J connectivity index is 2.45. The van der Waals surface area contributed by atoms with Crippen molar-refractivity contribution in [1.29, 1.82) is 0 Å². The van der Waals surface area contributed by atoms with E-state index in [1.54, 1.807) is 0 Å². The van der Waals surface area contributed by atoms with Crippen LogP contribution in [-0.2, 0) is 0 Å². The highest BCUT2D eigenvalue weighted by Crippen LogP contribution is 2.14. The Morgan fingerprint density at radius 3 is 2.57 bits per heavy atom. The zero-order valence-electron chi connectivity index (χ0n) is 9.55. The van der Waals surface area contributed by atoms with Gasteiger partial charge in [-0.1, -0.05) is 20.8 Å². The van der Waals surface area contributed by atoms with Gasteiger partial charge in [-0.25, -0.2) is 5.43 Å². The van der Waals surface area contributed by atoms with Crippen LogP contribution < -0.4 is 10.7 Å². The Bertz CT molecular complexity index is 217. The van der Waals surface area contributed by atoms with Crippen molar-refractivity contribution in [3.63, 3.8) is 0 Å². The monoisotopic (exact) mass is 215 g/mol. The molecular weight excluding hydrogens is 194 g/mol. The smallest absolute Gasteiger partial charge is 0.185 e. The van der Waals surface area contributed by atoms with Crippen LogP contribution >= 0.6 is 12.2 Å². The van der Waals surface area contributed by atoms with Crippen LogP contribution in [0.1, 0.15) is 40.5 Å². The van der Waals surface area contributed by atoms with Gasteiger partial charge in [-0.2, -0.15) is 0 Å². The maximum Gasteiger partial charge on any atom is 0.185 e. The Hall–Kier alpha value is -0.350. The average molecular weight is 215 g/mol. The SMILES string of the molecule is CCC1(C)NC(=S)N(CCC(C)C)N1. The number of rotatable bonds is 4. The van der Waals surface area contributed by atoms with Crippen LogP contribution in [0, 0.1) is 5.92 Å². The van der Waals surface area contributed by atoms with Gasteiger partial charge >= 0.3 is 0 Å². The van der Waals surface area contributed by atoms with Gasteiger partial charge < -0.3 is 5.32 Å². The Morgan fingerprint density at radius 2 is 2.14 bits per heavy atom. The lowest BCUT2D eigenvalue weighted by molar-refractivity contribution is 0.220. The van der Waals surface area contributed by atoms with E-state index in [0.717, 1.165) is 24.5 Å². The van der Waals surface area contributed by atoms with Crippen LogP contribution in [0.3, 0.4) is 0 Å². The molecule has 82 valence electrons. The molecule has 1 unspecified atom stereocenters. The number of nitrogens with zero attached hydrogens (tertiary/aromatic N) is 1. The molecule has 0 aromatic heterocycles. The molecule has 2 N–H and O–H groups in total. The first kappa shape index (κ1) is 11.7. The summed E-state index contributed by atoms with van der Waals surface area (Å²) in [5, 5.41) is 6.18. The minimum Gasteiger partial charge on any atom is -0.342 e. The summed E-state index contributed by atoms with van der Waals surface area (Å²) in [5.41, 5.74) is 3.36. The van der Waals surface area contributed by atoms with E-state index in [1.165, 1.54) is 0 Å². The molecule has 1 atom stereocenters. The van der Waals surface area contributed by atoms with E-state index in [1.807, 2.05) is 0 Å². The summed E-state index contributed by atoms with van der Waals surface area (Å²) in [5.74, 6) is 0.716. The van der Waals surface area contributed by atoms with Crippen molar-refractivity contribution in [1.82, 2.24) is 15.8 Å². The van der Waals surface area contributed by atoms with Crippen LogP contribution in [0.25, 0.3) is 0 Å². The Labute approximate surface area is 92.2 Å². The fraction of sp³-hybridized carbons (Fsp3) is 0.900. The van der Waals surface area contributed by atoms with E-state index in [9.17, 15) is 0 Å². The Morgan fingerprint density at radius 1 is 1.50 bits per heavy atom. The minimum atomic E-state index is -0.0476. The fourth-order valence-electron chi connectivity index (χ4n) is 1.39. The standard InChI is InChI=1S/C10H21N3S/c1-5-10(4)11-9(14)13(12-10)7-6-8(2)3/h8,12H,5-7H2,1-4H3,(H,11,14). The largest absolute Gasteiger partial charge is 0.342 e. The molecular formula is C10H21N3S. The third-order valence-electron chi connectivity index (χ3n) is 2.65. The molecule has 0 aromatic carbocycles. The number of thiocarbonyl (C=S) groups is 1. The predicted molar refractivity (Wildman–Crippen MR) is 63.7 cm³/mol. The maximum atomic E-state index is 5.26. The topological polar surface area (TPSA) is 27.3 Å². The summed E-state index contributed by atoms with van der Waals surface area (Å²) in [7, 11) is 0. The highest BCUT2D eigenvalue weighted by atomic mass is 32.1. The third kappa shape index (κ3) is 2.82. The summed E-state index contributed by atoms with van der Waals surface area (Å²) in [4.78, 5) is 0. The number of hydrogen-bond acceptors (Lipinski definition) is 2. The van der Waals surface area contributed by atoms with Gasteiger partial charge in [-0.15, -0.1) is 0 Å². The molecule has 1 rings (SSSR count). The van der Waals surface area contributed by atoms with Gasteiger partial charge in [-0.05, 0) is 37.9 Å². The van der Waals surface area contributed by atoms with Crippen molar-refractivity contribution >= 4 is 17.3 Å².